The molecule has 0 aliphatic rings. The number of rotatable bonds is 7. The van der Waals surface area contributed by atoms with Crippen molar-refractivity contribution in [1.82, 2.24) is 0 Å². The maximum Gasteiger partial charge on any atom is 0.269 e. The lowest BCUT2D eigenvalue weighted by Gasteiger charge is -2.13. The minimum atomic E-state index is -0.527. The molecular formula is C22H17Cl2N3O4S. The first kappa shape index (κ1) is 23.6. The molecule has 0 fully saturated rings. The molecule has 0 saturated carbocycles. The fourth-order valence-corrected chi connectivity index (χ4v) is 4.16. The van der Waals surface area contributed by atoms with Gasteiger partial charge in [0.25, 0.3) is 11.6 Å². The van der Waals surface area contributed by atoms with Gasteiger partial charge in [-0.25, -0.2) is 0 Å². The Hall–Kier alpha value is -3.07. The van der Waals surface area contributed by atoms with Crippen LogP contribution in [0.4, 0.5) is 17.1 Å². The second-order valence-corrected chi connectivity index (χ2v) is 8.98. The van der Waals surface area contributed by atoms with E-state index in [0.717, 1.165) is 4.90 Å². The zero-order chi connectivity index (χ0) is 23.3. The Kier molecular flexibility index (Phi) is 7.74. The van der Waals surface area contributed by atoms with Crippen LogP contribution < -0.4 is 10.6 Å². The highest BCUT2D eigenvalue weighted by Crippen LogP contribution is 2.28. The second kappa shape index (κ2) is 10.5. The first-order chi connectivity index (χ1) is 15.2. The Balaban J connectivity index is 1.63. The van der Waals surface area contributed by atoms with Crippen molar-refractivity contribution in [2.24, 2.45) is 0 Å². The van der Waals surface area contributed by atoms with E-state index in [4.69, 9.17) is 23.2 Å². The van der Waals surface area contributed by atoms with E-state index in [9.17, 15) is 19.7 Å². The van der Waals surface area contributed by atoms with Crippen molar-refractivity contribution in [3.63, 3.8) is 0 Å². The molecule has 3 aromatic rings. The van der Waals surface area contributed by atoms with Gasteiger partial charge in [-0.2, -0.15) is 0 Å². The molecule has 0 heterocycles. The lowest BCUT2D eigenvalue weighted by molar-refractivity contribution is -0.384. The summed E-state index contributed by atoms with van der Waals surface area (Å²) in [6.45, 7) is 1.76. The van der Waals surface area contributed by atoms with Gasteiger partial charge in [-0.05, 0) is 55.5 Å². The van der Waals surface area contributed by atoms with E-state index < -0.39 is 16.1 Å². The summed E-state index contributed by atoms with van der Waals surface area (Å²) in [6.07, 6.45) is 0. The van der Waals surface area contributed by atoms with E-state index >= 15 is 0 Å². The largest absolute Gasteiger partial charge is 0.325 e. The standard InChI is InChI=1S/C22H17Cl2N3O4S/c1-13(21(28)26-18-10-15(23)9-16(24)11-18)32-20-4-2-3-17(12-20)25-22(29)14-5-7-19(8-6-14)27(30)31/h2-13H,1H3,(H,25,29)(H,26,28). The number of benzene rings is 3. The Morgan fingerprint density at radius 2 is 1.59 bits per heavy atom. The zero-order valence-corrected chi connectivity index (χ0v) is 19.0. The summed E-state index contributed by atoms with van der Waals surface area (Å²) in [4.78, 5) is 35.9. The number of carbonyl (C=O) groups excluding carboxylic acids is 2. The molecule has 1 atom stereocenters. The van der Waals surface area contributed by atoms with Crippen molar-refractivity contribution >= 4 is 63.8 Å². The minimum Gasteiger partial charge on any atom is -0.325 e. The van der Waals surface area contributed by atoms with Crippen molar-refractivity contribution < 1.29 is 14.5 Å². The van der Waals surface area contributed by atoms with Crippen molar-refractivity contribution in [2.45, 2.75) is 17.1 Å². The highest BCUT2D eigenvalue weighted by atomic mass is 35.5. The van der Waals surface area contributed by atoms with Crippen LogP contribution in [0.15, 0.2) is 71.6 Å². The number of amides is 2. The van der Waals surface area contributed by atoms with Gasteiger partial charge in [0.1, 0.15) is 0 Å². The SMILES string of the molecule is CC(Sc1cccc(NC(=O)c2ccc([N+](=O)[O-])cc2)c1)C(=O)Nc1cc(Cl)cc(Cl)c1. The van der Waals surface area contributed by atoms with Crippen LogP contribution >= 0.6 is 35.0 Å². The van der Waals surface area contributed by atoms with Crippen LogP contribution in [0.5, 0.6) is 0 Å². The topological polar surface area (TPSA) is 101 Å². The molecule has 2 amide bonds. The quantitative estimate of drug-likeness (QED) is 0.231. The number of nitrogens with zero attached hydrogens (tertiary/aromatic N) is 1. The average Bonchev–Trinajstić information content (AvgIpc) is 2.73. The van der Waals surface area contributed by atoms with E-state index in [2.05, 4.69) is 10.6 Å². The number of carbonyl (C=O) groups is 2. The number of hydrogen-bond acceptors (Lipinski definition) is 5. The highest BCUT2D eigenvalue weighted by Gasteiger charge is 2.16. The number of nitrogens with one attached hydrogen (secondary N) is 2. The maximum atomic E-state index is 12.5. The molecule has 2 N–H and O–H groups in total. The van der Waals surface area contributed by atoms with Gasteiger partial charge in [0.2, 0.25) is 5.91 Å². The van der Waals surface area contributed by atoms with E-state index in [1.807, 2.05) is 6.07 Å². The van der Waals surface area contributed by atoms with Gasteiger partial charge in [0, 0.05) is 44.0 Å². The number of thioether (sulfide) groups is 1. The second-order valence-electron chi connectivity index (χ2n) is 6.69. The lowest BCUT2D eigenvalue weighted by atomic mass is 10.2. The van der Waals surface area contributed by atoms with Gasteiger partial charge in [0.05, 0.1) is 10.2 Å². The van der Waals surface area contributed by atoms with Crippen LogP contribution in [0.1, 0.15) is 17.3 Å². The molecule has 32 heavy (non-hydrogen) atoms. The molecule has 0 spiro atoms. The maximum absolute atomic E-state index is 12.5. The monoisotopic (exact) mass is 489 g/mol. The van der Waals surface area contributed by atoms with Crippen molar-refractivity contribution in [1.29, 1.82) is 0 Å². The van der Waals surface area contributed by atoms with Crippen molar-refractivity contribution in [2.75, 3.05) is 10.6 Å². The zero-order valence-electron chi connectivity index (χ0n) is 16.7. The molecule has 3 rings (SSSR count). The Labute approximate surface area is 198 Å². The fraction of sp³-hybridized carbons (Fsp3) is 0.0909. The predicted octanol–water partition coefficient (Wildman–Crippen LogP) is 6.27. The minimum absolute atomic E-state index is 0.0905. The molecular weight excluding hydrogens is 473 g/mol. The predicted molar refractivity (Wildman–Crippen MR) is 128 cm³/mol. The van der Waals surface area contributed by atoms with E-state index in [0.29, 0.717) is 27.0 Å². The van der Waals surface area contributed by atoms with Gasteiger partial charge >= 0.3 is 0 Å². The Morgan fingerprint density at radius 1 is 0.938 bits per heavy atom. The highest BCUT2D eigenvalue weighted by molar-refractivity contribution is 8.00. The smallest absolute Gasteiger partial charge is 0.269 e. The van der Waals surface area contributed by atoms with Gasteiger partial charge in [-0.3, -0.25) is 19.7 Å². The molecule has 0 radical (unpaired) electrons. The van der Waals surface area contributed by atoms with Gasteiger partial charge in [-0.15, -0.1) is 11.8 Å². The first-order valence-corrected chi connectivity index (χ1v) is 10.9. The van der Waals surface area contributed by atoms with Crippen molar-refractivity contribution in [3.05, 3.63) is 92.5 Å². The normalized spacial score (nSPS) is 11.5. The number of hydrogen-bond donors (Lipinski definition) is 2. The van der Waals surface area contributed by atoms with E-state index in [-0.39, 0.29) is 11.6 Å². The van der Waals surface area contributed by atoms with E-state index in [1.54, 1.807) is 43.3 Å². The number of anilines is 2. The number of nitro benzene ring substituents is 1. The van der Waals surface area contributed by atoms with Crippen LogP contribution in [0.3, 0.4) is 0 Å². The summed E-state index contributed by atoms with van der Waals surface area (Å²) in [6, 6.07) is 17.2. The van der Waals surface area contributed by atoms with Crippen LogP contribution in [-0.4, -0.2) is 22.0 Å². The Bertz CT molecular complexity index is 1150. The third-order valence-corrected chi connectivity index (χ3v) is 5.77. The third-order valence-electron chi connectivity index (χ3n) is 4.24. The van der Waals surface area contributed by atoms with Gasteiger partial charge < -0.3 is 10.6 Å². The van der Waals surface area contributed by atoms with Crippen LogP contribution in [-0.2, 0) is 4.79 Å². The summed E-state index contributed by atoms with van der Waals surface area (Å²) < 4.78 is 0. The van der Waals surface area contributed by atoms with Crippen LogP contribution in [0.2, 0.25) is 10.0 Å². The number of halogens is 2. The average molecular weight is 490 g/mol. The van der Waals surface area contributed by atoms with Crippen LogP contribution in [0, 0.1) is 10.1 Å². The summed E-state index contributed by atoms with van der Waals surface area (Å²) in [7, 11) is 0. The van der Waals surface area contributed by atoms with Gasteiger partial charge in [0.15, 0.2) is 0 Å². The molecule has 3 aromatic carbocycles. The van der Waals surface area contributed by atoms with Gasteiger partial charge in [-0.1, -0.05) is 29.3 Å². The molecule has 0 aliphatic heterocycles. The van der Waals surface area contributed by atoms with E-state index in [1.165, 1.54) is 36.0 Å². The van der Waals surface area contributed by atoms with Crippen LogP contribution in [0.25, 0.3) is 0 Å². The molecule has 1 unspecified atom stereocenters. The molecule has 0 aliphatic carbocycles. The number of nitro groups is 1. The molecule has 164 valence electrons. The lowest BCUT2D eigenvalue weighted by Crippen LogP contribution is -2.22. The summed E-state index contributed by atoms with van der Waals surface area (Å²) in [5.41, 5.74) is 1.24. The summed E-state index contributed by atoms with van der Waals surface area (Å²) in [5, 5.41) is 16.7. The molecule has 0 bridgehead atoms. The molecule has 10 heteroatoms. The summed E-state index contributed by atoms with van der Waals surface area (Å²) in [5.74, 6) is -0.626. The number of non-ortho nitro benzene ring substituents is 1. The Morgan fingerprint density at radius 3 is 2.22 bits per heavy atom. The summed E-state index contributed by atoms with van der Waals surface area (Å²) >= 11 is 13.2. The van der Waals surface area contributed by atoms with Crippen molar-refractivity contribution in [3.8, 4) is 0 Å². The first-order valence-electron chi connectivity index (χ1n) is 9.31. The molecule has 7 nitrogen and oxygen atoms in total. The third kappa shape index (κ3) is 6.46. The molecule has 0 saturated heterocycles. The fourth-order valence-electron chi connectivity index (χ4n) is 2.71. The molecule has 0 aromatic heterocycles.